The largest absolute Gasteiger partial charge is 0.468 e. The molecule has 5 nitrogen and oxygen atoms in total. The first kappa shape index (κ1) is 12.6. The summed E-state index contributed by atoms with van der Waals surface area (Å²) in [5.74, 6) is -0.237. The number of likely N-dealkylation sites (N-methyl/N-ethyl adjacent to an activating group) is 1. The summed E-state index contributed by atoms with van der Waals surface area (Å²) < 4.78 is 6.68. The van der Waals surface area contributed by atoms with Crippen molar-refractivity contribution in [3.8, 4) is 0 Å². The highest BCUT2D eigenvalue weighted by molar-refractivity contribution is 5.71. The van der Waals surface area contributed by atoms with Crippen LogP contribution < -0.4 is 0 Å². The maximum Gasteiger partial charge on any atom is 0.319 e. The zero-order valence-corrected chi connectivity index (χ0v) is 10.9. The van der Waals surface area contributed by atoms with Crippen molar-refractivity contribution in [3.05, 3.63) is 35.8 Å². The molecular formula is C13H17N3O2. The van der Waals surface area contributed by atoms with E-state index >= 15 is 0 Å². The third kappa shape index (κ3) is 2.51. The van der Waals surface area contributed by atoms with Gasteiger partial charge in [0, 0.05) is 18.4 Å². The van der Waals surface area contributed by atoms with Gasteiger partial charge in [0.2, 0.25) is 0 Å². The Morgan fingerprint density at radius 3 is 2.94 bits per heavy atom. The van der Waals surface area contributed by atoms with Gasteiger partial charge in [-0.25, -0.2) is 4.98 Å². The molecule has 96 valence electrons. The molecule has 18 heavy (non-hydrogen) atoms. The predicted molar refractivity (Wildman–Crippen MR) is 68.3 cm³/mol. The SMILES string of the molecule is COC(=O)CN(C)Cc1nc2ccccn2c1C. The van der Waals surface area contributed by atoms with Crippen molar-refractivity contribution < 1.29 is 9.53 Å². The van der Waals surface area contributed by atoms with Gasteiger partial charge in [-0.3, -0.25) is 9.69 Å². The summed E-state index contributed by atoms with van der Waals surface area (Å²) in [7, 11) is 3.27. The number of aromatic nitrogens is 2. The van der Waals surface area contributed by atoms with Crippen molar-refractivity contribution in [3.63, 3.8) is 0 Å². The van der Waals surface area contributed by atoms with Gasteiger partial charge in [0.05, 0.1) is 19.3 Å². The first-order valence-corrected chi connectivity index (χ1v) is 5.79. The van der Waals surface area contributed by atoms with Gasteiger partial charge >= 0.3 is 5.97 Å². The van der Waals surface area contributed by atoms with Gasteiger partial charge in [-0.15, -0.1) is 0 Å². The molecule has 2 rings (SSSR count). The molecule has 0 aromatic carbocycles. The highest BCUT2D eigenvalue weighted by atomic mass is 16.5. The van der Waals surface area contributed by atoms with Crippen LogP contribution in [0.25, 0.3) is 5.65 Å². The lowest BCUT2D eigenvalue weighted by molar-refractivity contribution is -0.141. The Morgan fingerprint density at radius 2 is 2.28 bits per heavy atom. The third-order valence-electron chi connectivity index (χ3n) is 2.91. The summed E-state index contributed by atoms with van der Waals surface area (Å²) in [5.41, 5.74) is 3.01. The van der Waals surface area contributed by atoms with Crippen molar-refractivity contribution in [2.75, 3.05) is 20.7 Å². The Hall–Kier alpha value is -1.88. The monoisotopic (exact) mass is 247 g/mol. The van der Waals surface area contributed by atoms with Crippen LogP contribution in [0.2, 0.25) is 0 Å². The van der Waals surface area contributed by atoms with E-state index in [-0.39, 0.29) is 12.5 Å². The molecule has 0 aliphatic heterocycles. The summed E-state index contributed by atoms with van der Waals surface area (Å²) in [5, 5.41) is 0. The summed E-state index contributed by atoms with van der Waals surface area (Å²) in [6.07, 6.45) is 1.99. The van der Waals surface area contributed by atoms with Crippen molar-refractivity contribution in [2.45, 2.75) is 13.5 Å². The number of rotatable bonds is 4. The molecule has 0 radical (unpaired) electrons. The molecule has 0 amide bonds. The molecule has 0 saturated carbocycles. The second kappa shape index (κ2) is 5.18. The summed E-state index contributed by atoms with van der Waals surface area (Å²) >= 11 is 0. The lowest BCUT2D eigenvalue weighted by Crippen LogP contribution is -2.26. The van der Waals surface area contributed by atoms with Crippen LogP contribution in [-0.2, 0) is 16.1 Å². The standard InChI is InChI=1S/C13H17N3O2/c1-10-11(8-15(2)9-13(17)18-3)14-12-6-4-5-7-16(10)12/h4-7H,8-9H2,1-3H3. The van der Waals surface area contributed by atoms with Gasteiger partial charge < -0.3 is 9.14 Å². The number of aryl methyl sites for hydroxylation is 1. The van der Waals surface area contributed by atoms with Gasteiger partial charge in [-0.1, -0.05) is 6.07 Å². The van der Waals surface area contributed by atoms with Gasteiger partial charge in [-0.2, -0.15) is 0 Å². The van der Waals surface area contributed by atoms with Gasteiger partial charge in [-0.05, 0) is 26.1 Å². The number of hydrogen-bond donors (Lipinski definition) is 0. The topological polar surface area (TPSA) is 46.8 Å². The molecule has 0 aliphatic rings. The summed E-state index contributed by atoms with van der Waals surface area (Å²) in [6.45, 7) is 2.92. The van der Waals surface area contributed by atoms with E-state index in [1.807, 2.05) is 47.7 Å². The van der Waals surface area contributed by atoms with Crippen LogP contribution in [0.1, 0.15) is 11.4 Å². The fourth-order valence-corrected chi connectivity index (χ4v) is 1.91. The minimum Gasteiger partial charge on any atom is -0.468 e. The van der Waals surface area contributed by atoms with E-state index in [9.17, 15) is 4.79 Å². The van der Waals surface area contributed by atoms with Crippen LogP contribution in [0, 0.1) is 6.92 Å². The first-order valence-electron chi connectivity index (χ1n) is 5.79. The van der Waals surface area contributed by atoms with Gasteiger partial charge in [0.1, 0.15) is 5.65 Å². The highest BCUT2D eigenvalue weighted by Crippen LogP contribution is 2.12. The van der Waals surface area contributed by atoms with Crippen molar-refractivity contribution in [1.29, 1.82) is 0 Å². The molecule has 0 aliphatic carbocycles. The molecule has 0 fully saturated rings. The van der Waals surface area contributed by atoms with E-state index < -0.39 is 0 Å². The number of imidazole rings is 1. The number of hydrogen-bond acceptors (Lipinski definition) is 4. The predicted octanol–water partition coefficient (Wildman–Crippen LogP) is 1.25. The Kier molecular flexibility index (Phi) is 3.62. The zero-order chi connectivity index (χ0) is 13.1. The van der Waals surface area contributed by atoms with Crippen LogP contribution in [0.5, 0.6) is 0 Å². The number of pyridine rings is 1. The Bertz CT molecular complexity index is 562. The fourth-order valence-electron chi connectivity index (χ4n) is 1.91. The highest BCUT2D eigenvalue weighted by Gasteiger charge is 2.12. The van der Waals surface area contributed by atoms with Crippen LogP contribution in [0.3, 0.4) is 0 Å². The molecule has 2 aromatic heterocycles. The molecule has 0 atom stereocenters. The van der Waals surface area contributed by atoms with Crippen molar-refractivity contribution in [2.24, 2.45) is 0 Å². The number of methoxy groups -OCH3 is 1. The number of esters is 1. The molecule has 2 heterocycles. The fraction of sp³-hybridized carbons (Fsp3) is 0.385. The molecule has 5 heteroatoms. The number of nitrogens with zero attached hydrogens (tertiary/aromatic N) is 3. The molecule has 0 bridgehead atoms. The van der Waals surface area contributed by atoms with E-state index in [2.05, 4.69) is 9.72 Å². The minimum atomic E-state index is -0.237. The van der Waals surface area contributed by atoms with Gasteiger partial charge in [0.15, 0.2) is 0 Å². The molecule has 0 spiro atoms. The minimum absolute atomic E-state index is 0.237. The Labute approximate surface area is 106 Å². The lowest BCUT2D eigenvalue weighted by Gasteiger charge is -2.13. The van der Waals surface area contributed by atoms with E-state index in [1.165, 1.54) is 7.11 Å². The second-order valence-electron chi connectivity index (χ2n) is 4.32. The molecule has 2 aromatic rings. The summed E-state index contributed by atoms with van der Waals surface area (Å²) in [4.78, 5) is 17.6. The van der Waals surface area contributed by atoms with Gasteiger partial charge in [0.25, 0.3) is 0 Å². The molecular weight excluding hydrogens is 230 g/mol. The van der Waals surface area contributed by atoms with E-state index in [0.29, 0.717) is 6.54 Å². The van der Waals surface area contributed by atoms with Crippen LogP contribution in [0.4, 0.5) is 0 Å². The first-order chi connectivity index (χ1) is 8.61. The van der Waals surface area contributed by atoms with E-state index in [1.54, 1.807) is 0 Å². The average Bonchev–Trinajstić information content (AvgIpc) is 2.66. The smallest absolute Gasteiger partial charge is 0.319 e. The third-order valence-corrected chi connectivity index (χ3v) is 2.91. The van der Waals surface area contributed by atoms with Crippen LogP contribution in [0.15, 0.2) is 24.4 Å². The zero-order valence-electron chi connectivity index (χ0n) is 10.9. The second-order valence-corrected chi connectivity index (χ2v) is 4.32. The Balaban J connectivity index is 2.16. The van der Waals surface area contributed by atoms with Crippen LogP contribution in [-0.4, -0.2) is 41.0 Å². The van der Waals surface area contributed by atoms with Crippen LogP contribution >= 0.6 is 0 Å². The number of fused-ring (bicyclic) bond motifs is 1. The molecule has 0 unspecified atom stereocenters. The van der Waals surface area contributed by atoms with E-state index in [0.717, 1.165) is 17.0 Å². The number of ether oxygens (including phenoxy) is 1. The molecule has 0 N–H and O–H groups in total. The maximum absolute atomic E-state index is 11.2. The number of carbonyl (C=O) groups excluding carboxylic acids is 1. The summed E-state index contributed by atoms with van der Waals surface area (Å²) in [6, 6.07) is 5.91. The van der Waals surface area contributed by atoms with Crippen molar-refractivity contribution in [1.82, 2.24) is 14.3 Å². The normalized spacial score (nSPS) is 11.1. The van der Waals surface area contributed by atoms with E-state index in [4.69, 9.17) is 0 Å². The Morgan fingerprint density at radius 1 is 1.50 bits per heavy atom. The molecule has 0 saturated heterocycles. The maximum atomic E-state index is 11.2. The quantitative estimate of drug-likeness (QED) is 0.763. The number of carbonyl (C=O) groups is 1. The average molecular weight is 247 g/mol. The van der Waals surface area contributed by atoms with Crippen molar-refractivity contribution >= 4 is 11.6 Å². The lowest BCUT2D eigenvalue weighted by atomic mass is 10.3.